The molecule has 2 heterocycles. The highest BCUT2D eigenvalue weighted by Crippen LogP contribution is 2.41. The predicted molar refractivity (Wildman–Crippen MR) is 126 cm³/mol. The molecule has 1 aliphatic carbocycles. The number of urea groups is 1. The van der Waals surface area contributed by atoms with Gasteiger partial charge in [-0.1, -0.05) is 12.1 Å². The summed E-state index contributed by atoms with van der Waals surface area (Å²) in [6.45, 7) is 7.76. The zero-order valence-corrected chi connectivity index (χ0v) is 19.8. The second kappa shape index (κ2) is 9.44. The first kappa shape index (κ1) is 23.7. The lowest BCUT2D eigenvalue weighted by molar-refractivity contribution is 0.0240. The first-order valence-corrected chi connectivity index (χ1v) is 11.5. The van der Waals surface area contributed by atoms with Crippen LogP contribution in [0.4, 0.5) is 25.6 Å². The molecule has 182 valence electrons. The van der Waals surface area contributed by atoms with Gasteiger partial charge in [-0.15, -0.1) is 0 Å². The van der Waals surface area contributed by atoms with E-state index in [0.29, 0.717) is 37.8 Å². The fourth-order valence-corrected chi connectivity index (χ4v) is 4.13. The highest BCUT2D eigenvalue weighted by atomic mass is 19.1. The predicted octanol–water partition coefficient (Wildman–Crippen LogP) is 3.87. The fraction of sp³-hybridized carbons (Fsp3) is 0.500. The van der Waals surface area contributed by atoms with Crippen molar-refractivity contribution in [3.8, 4) is 0 Å². The molecule has 2 N–H and O–H groups in total. The lowest BCUT2D eigenvalue weighted by Crippen LogP contribution is -2.52. The number of hydrogen-bond acceptors (Lipinski definition) is 6. The Kier molecular flexibility index (Phi) is 6.58. The Balaban J connectivity index is 1.30. The molecule has 3 amide bonds. The van der Waals surface area contributed by atoms with Gasteiger partial charge in [-0.2, -0.15) is 0 Å². The Labute approximate surface area is 198 Å². The standard InChI is InChI=1S/C24H31FN6O3/c1-23(2,3)34-22(33)31-13-11-30(12-14-31)20-26-15-19(16-27-20)28-21(32)29-24(9-4-10-24)17-5-7-18(25)8-6-17/h5-8,15-16H,4,9-14H2,1-3H3,(H2,28,29,32). The molecule has 1 aromatic carbocycles. The highest BCUT2D eigenvalue weighted by Gasteiger charge is 2.40. The number of nitrogens with zero attached hydrogens (tertiary/aromatic N) is 4. The molecule has 2 aliphatic rings. The number of piperazine rings is 1. The first-order chi connectivity index (χ1) is 16.1. The molecule has 0 spiro atoms. The summed E-state index contributed by atoms with van der Waals surface area (Å²) >= 11 is 0. The van der Waals surface area contributed by atoms with E-state index in [-0.39, 0.29) is 17.9 Å². The second-order valence-electron chi connectivity index (χ2n) is 9.75. The van der Waals surface area contributed by atoms with E-state index in [4.69, 9.17) is 4.74 Å². The van der Waals surface area contributed by atoms with Crippen LogP contribution in [0, 0.1) is 5.82 Å². The van der Waals surface area contributed by atoms with E-state index >= 15 is 0 Å². The molecular formula is C24H31FN6O3. The van der Waals surface area contributed by atoms with Crippen LogP contribution >= 0.6 is 0 Å². The molecule has 4 rings (SSSR count). The summed E-state index contributed by atoms with van der Waals surface area (Å²) < 4.78 is 18.7. The SMILES string of the molecule is CC(C)(C)OC(=O)N1CCN(c2ncc(NC(=O)NC3(c4ccc(F)cc4)CCC3)cn2)CC1. The number of rotatable bonds is 4. The quantitative estimate of drug-likeness (QED) is 0.704. The number of anilines is 2. The number of nitrogens with one attached hydrogen (secondary N) is 2. The average Bonchev–Trinajstić information content (AvgIpc) is 2.76. The van der Waals surface area contributed by atoms with Gasteiger partial charge in [-0.05, 0) is 57.7 Å². The molecule has 0 bridgehead atoms. The summed E-state index contributed by atoms with van der Waals surface area (Å²) in [7, 11) is 0. The van der Waals surface area contributed by atoms with Crippen LogP contribution in [-0.4, -0.2) is 58.8 Å². The van der Waals surface area contributed by atoms with Crippen molar-refractivity contribution >= 4 is 23.8 Å². The summed E-state index contributed by atoms with van der Waals surface area (Å²) in [6.07, 6.45) is 5.41. The molecule has 1 saturated carbocycles. The zero-order valence-electron chi connectivity index (χ0n) is 19.8. The van der Waals surface area contributed by atoms with Crippen LogP contribution in [0.25, 0.3) is 0 Å². The summed E-state index contributed by atoms with van der Waals surface area (Å²) in [5.74, 6) is 0.239. The van der Waals surface area contributed by atoms with E-state index < -0.39 is 11.1 Å². The monoisotopic (exact) mass is 470 g/mol. The first-order valence-electron chi connectivity index (χ1n) is 11.5. The van der Waals surface area contributed by atoms with Crippen molar-refractivity contribution in [2.24, 2.45) is 0 Å². The van der Waals surface area contributed by atoms with Crippen molar-refractivity contribution in [2.45, 2.75) is 51.2 Å². The van der Waals surface area contributed by atoms with Gasteiger partial charge < -0.3 is 25.2 Å². The number of halogens is 1. The third kappa shape index (κ3) is 5.55. The maximum absolute atomic E-state index is 13.3. The number of carbonyl (C=O) groups excluding carboxylic acids is 2. The van der Waals surface area contributed by atoms with Gasteiger partial charge in [0.25, 0.3) is 0 Å². The maximum Gasteiger partial charge on any atom is 0.410 e. The molecule has 1 aromatic heterocycles. The summed E-state index contributed by atoms with van der Waals surface area (Å²) in [5, 5.41) is 5.82. The minimum Gasteiger partial charge on any atom is -0.444 e. The summed E-state index contributed by atoms with van der Waals surface area (Å²) in [5.41, 5.74) is 0.366. The Bertz CT molecular complexity index is 1010. The van der Waals surface area contributed by atoms with Crippen LogP contribution in [0.2, 0.25) is 0 Å². The van der Waals surface area contributed by atoms with Crippen LogP contribution in [0.15, 0.2) is 36.7 Å². The molecule has 2 aromatic rings. The molecular weight excluding hydrogens is 439 g/mol. The maximum atomic E-state index is 13.3. The van der Waals surface area contributed by atoms with E-state index in [1.165, 1.54) is 12.1 Å². The van der Waals surface area contributed by atoms with E-state index in [0.717, 1.165) is 24.8 Å². The van der Waals surface area contributed by atoms with Crippen LogP contribution in [0.1, 0.15) is 45.6 Å². The molecule has 0 atom stereocenters. The van der Waals surface area contributed by atoms with Crippen molar-refractivity contribution in [3.63, 3.8) is 0 Å². The largest absolute Gasteiger partial charge is 0.444 e. The fourth-order valence-electron chi connectivity index (χ4n) is 4.13. The highest BCUT2D eigenvalue weighted by molar-refractivity contribution is 5.89. The second-order valence-corrected chi connectivity index (χ2v) is 9.75. The number of ether oxygens (including phenoxy) is 1. The molecule has 10 heteroatoms. The van der Waals surface area contributed by atoms with Gasteiger partial charge >= 0.3 is 12.1 Å². The summed E-state index contributed by atoms with van der Waals surface area (Å²) in [4.78, 5) is 37.3. The van der Waals surface area contributed by atoms with Crippen molar-refractivity contribution in [1.29, 1.82) is 0 Å². The van der Waals surface area contributed by atoms with Gasteiger partial charge in [-0.25, -0.2) is 23.9 Å². The van der Waals surface area contributed by atoms with Crippen molar-refractivity contribution in [3.05, 3.63) is 48.0 Å². The van der Waals surface area contributed by atoms with E-state index in [2.05, 4.69) is 20.6 Å². The van der Waals surface area contributed by atoms with Gasteiger partial charge in [0.1, 0.15) is 11.4 Å². The van der Waals surface area contributed by atoms with E-state index in [1.54, 1.807) is 29.4 Å². The molecule has 0 radical (unpaired) electrons. The lowest BCUT2D eigenvalue weighted by atomic mass is 9.72. The third-order valence-electron chi connectivity index (χ3n) is 6.07. The molecule has 0 unspecified atom stereocenters. The Morgan fingerprint density at radius 1 is 1.03 bits per heavy atom. The van der Waals surface area contributed by atoms with Crippen LogP contribution < -0.4 is 15.5 Å². The van der Waals surface area contributed by atoms with Crippen LogP contribution in [-0.2, 0) is 10.3 Å². The van der Waals surface area contributed by atoms with Crippen molar-refractivity contribution in [2.75, 3.05) is 36.4 Å². The molecule has 1 saturated heterocycles. The number of aromatic nitrogens is 2. The Morgan fingerprint density at radius 2 is 1.65 bits per heavy atom. The topological polar surface area (TPSA) is 99.7 Å². The van der Waals surface area contributed by atoms with Crippen molar-refractivity contribution < 1.29 is 18.7 Å². The average molecular weight is 471 g/mol. The minimum atomic E-state index is -0.524. The smallest absolute Gasteiger partial charge is 0.410 e. The van der Waals surface area contributed by atoms with E-state index in [1.807, 2.05) is 25.7 Å². The molecule has 34 heavy (non-hydrogen) atoms. The number of amides is 3. The molecule has 2 fully saturated rings. The molecule has 9 nitrogen and oxygen atoms in total. The zero-order chi connectivity index (χ0) is 24.3. The lowest BCUT2D eigenvalue weighted by Gasteiger charge is -2.43. The van der Waals surface area contributed by atoms with Gasteiger partial charge in [0, 0.05) is 26.2 Å². The Morgan fingerprint density at radius 3 is 2.18 bits per heavy atom. The Hall–Kier alpha value is -3.43. The third-order valence-corrected chi connectivity index (χ3v) is 6.07. The number of carbonyl (C=O) groups is 2. The van der Waals surface area contributed by atoms with Crippen molar-refractivity contribution in [1.82, 2.24) is 20.2 Å². The molecule has 1 aliphatic heterocycles. The van der Waals surface area contributed by atoms with Crippen LogP contribution in [0.3, 0.4) is 0 Å². The normalized spacial score (nSPS) is 17.5. The van der Waals surface area contributed by atoms with Crippen LogP contribution in [0.5, 0.6) is 0 Å². The van der Waals surface area contributed by atoms with Gasteiger partial charge in [0.05, 0.1) is 23.6 Å². The van der Waals surface area contributed by atoms with Gasteiger partial charge in [-0.3, -0.25) is 0 Å². The number of hydrogen-bond donors (Lipinski definition) is 2. The van der Waals surface area contributed by atoms with Gasteiger partial charge in [0.2, 0.25) is 5.95 Å². The van der Waals surface area contributed by atoms with Gasteiger partial charge in [0.15, 0.2) is 0 Å². The minimum absolute atomic E-state index is 0.300. The summed E-state index contributed by atoms with van der Waals surface area (Å²) in [6, 6.07) is 5.90. The van der Waals surface area contributed by atoms with E-state index in [9.17, 15) is 14.0 Å². The number of benzene rings is 1.